The number of carboxylic acids is 1. The van der Waals surface area contributed by atoms with Crippen LogP contribution in [0.15, 0.2) is 30.3 Å². The van der Waals surface area contributed by atoms with Crippen molar-refractivity contribution in [1.82, 2.24) is 9.80 Å². The van der Waals surface area contributed by atoms with Gasteiger partial charge in [-0.3, -0.25) is 4.79 Å². The van der Waals surface area contributed by atoms with Gasteiger partial charge in [0, 0.05) is 26.2 Å². The number of ether oxygens (including phenoxy) is 1. The van der Waals surface area contributed by atoms with Crippen LogP contribution in [-0.4, -0.2) is 60.2 Å². The molecule has 1 unspecified atom stereocenters. The van der Waals surface area contributed by atoms with Gasteiger partial charge in [0.15, 0.2) is 0 Å². The molecule has 1 aliphatic rings. The van der Waals surface area contributed by atoms with Gasteiger partial charge in [-0.2, -0.15) is 0 Å². The summed E-state index contributed by atoms with van der Waals surface area (Å²) in [6.07, 6.45) is -1.43. The Hall–Kier alpha value is -2.08. The Balaban J connectivity index is 2.01. The Labute approximate surface area is 123 Å². The van der Waals surface area contributed by atoms with E-state index < -0.39 is 18.2 Å². The van der Waals surface area contributed by atoms with Crippen LogP contribution in [0.2, 0.25) is 0 Å². The monoisotopic (exact) mass is 292 g/mol. The fourth-order valence-corrected chi connectivity index (χ4v) is 2.24. The van der Waals surface area contributed by atoms with Gasteiger partial charge in [-0.15, -0.1) is 0 Å². The minimum atomic E-state index is -0.991. The lowest BCUT2D eigenvalue weighted by Crippen LogP contribution is -2.47. The van der Waals surface area contributed by atoms with E-state index in [9.17, 15) is 9.59 Å². The summed E-state index contributed by atoms with van der Waals surface area (Å²) in [6.45, 7) is 2.79. The molecule has 1 N–H and O–H groups in total. The van der Waals surface area contributed by atoms with E-state index >= 15 is 0 Å². The van der Waals surface area contributed by atoms with Gasteiger partial charge >= 0.3 is 12.1 Å². The number of nitrogens with zero attached hydrogens (tertiary/aromatic N) is 2. The number of carbonyl (C=O) groups excluding carboxylic acids is 1. The molecule has 21 heavy (non-hydrogen) atoms. The largest absolute Gasteiger partial charge is 0.481 e. The number of hydrogen-bond donors (Lipinski definition) is 1. The molecule has 114 valence electrons. The number of rotatable bonds is 4. The van der Waals surface area contributed by atoms with Crippen molar-refractivity contribution < 1.29 is 19.4 Å². The molecule has 0 radical (unpaired) electrons. The zero-order chi connectivity index (χ0) is 15.2. The molecule has 0 aliphatic carbocycles. The van der Waals surface area contributed by atoms with Gasteiger partial charge < -0.3 is 19.6 Å². The van der Waals surface area contributed by atoms with Gasteiger partial charge in [-0.25, -0.2) is 4.79 Å². The highest BCUT2D eigenvalue weighted by atomic mass is 16.6. The fraction of sp³-hybridized carbons (Fsp3) is 0.467. The summed E-state index contributed by atoms with van der Waals surface area (Å²) in [5.41, 5.74) is 0.697. The normalized spacial score (nSPS) is 17.3. The highest BCUT2D eigenvalue weighted by Gasteiger charge is 2.25. The van der Waals surface area contributed by atoms with Gasteiger partial charge in [0.1, 0.15) is 6.10 Å². The molecule has 0 bridgehead atoms. The van der Waals surface area contributed by atoms with Crippen LogP contribution < -0.4 is 0 Å². The molecule has 1 aliphatic heterocycles. The molecule has 1 fully saturated rings. The Morgan fingerprint density at radius 3 is 2.38 bits per heavy atom. The first kappa shape index (κ1) is 15.3. The lowest BCUT2D eigenvalue weighted by Gasteiger charge is -2.32. The molecule has 0 aromatic heterocycles. The molecular weight excluding hydrogens is 272 g/mol. The predicted octanol–water partition coefficient (Wildman–Crippen LogP) is 1.59. The van der Waals surface area contributed by atoms with Crippen LogP contribution >= 0.6 is 0 Å². The number of likely N-dealkylation sites (N-methyl/N-ethyl adjacent to an activating group) is 1. The third-order valence-corrected chi connectivity index (χ3v) is 3.54. The predicted molar refractivity (Wildman–Crippen MR) is 77.0 cm³/mol. The second kappa shape index (κ2) is 7.08. The van der Waals surface area contributed by atoms with Crippen LogP contribution in [0.1, 0.15) is 18.1 Å². The van der Waals surface area contributed by atoms with Crippen molar-refractivity contribution >= 4 is 12.1 Å². The van der Waals surface area contributed by atoms with Crippen molar-refractivity contribution in [2.45, 2.75) is 12.5 Å². The molecule has 1 atom stereocenters. The van der Waals surface area contributed by atoms with E-state index in [0.717, 1.165) is 13.1 Å². The highest BCUT2D eigenvalue weighted by molar-refractivity contribution is 5.71. The molecular formula is C15H20N2O4. The van der Waals surface area contributed by atoms with Crippen LogP contribution in [-0.2, 0) is 9.53 Å². The minimum absolute atomic E-state index is 0.233. The quantitative estimate of drug-likeness (QED) is 0.912. The average molecular weight is 292 g/mol. The van der Waals surface area contributed by atoms with E-state index in [-0.39, 0.29) is 6.42 Å². The van der Waals surface area contributed by atoms with Crippen LogP contribution in [0.5, 0.6) is 0 Å². The minimum Gasteiger partial charge on any atom is -0.481 e. The van der Waals surface area contributed by atoms with Crippen molar-refractivity contribution in [3.8, 4) is 0 Å². The summed E-state index contributed by atoms with van der Waals surface area (Å²) >= 11 is 0. The first-order valence-corrected chi connectivity index (χ1v) is 6.97. The second-order valence-electron chi connectivity index (χ2n) is 5.17. The molecule has 6 heteroatoms. The number of amides is 1. The van der Waals surface area contributed by atoms with Crippen molar-refractivity contribution in [3.05, 3.63) is 35.9 Å². The van der Waals surface area contributed by atoms with E-state index in [1.165, 1.54) is 0 Å². The third kappa shape index (κ3) is 4.46. The van der Waals surface area contributed by atoms with Crippen molar-refractivity contribution in [1.29, 1.82) is 0 Å². The van der Waals surface area contributed by atoms with E-state index in [0.29, 0.717) is 18.7 Å². The Morgan fingerprint density at radius 1 is 1.19 bits per heavy atom. The number of benzene rings is 1. The second-order valence-corrected chi connectivity index (χ2v) is 5.17. The molecule has 1 aromatic rings. The summed E-state index contributed by atoms with van der Waals surface area (Å²) < 4.78 is 5.41. The molecule has 6 nitrogen and oxygen atoms in total. The van der Waals surface area contributed by atoms with E-state index in [1.54, 1.807) is 29.2 Å². The molecule has 0 spiro atoms. The van der Waals surface area contributed by atoms with Crippen molar-refractivity contribution in [2.24, 2.45) is 0 Å². The molecule has 2 rings (SSSR count). The Morgan fingerprint density at radius 2 is 1.81 bits per heavy atom. The maximum Gasteiger partial charge on any atom is 0.410 e. The third-order valence-electron chi connectivity index (χ3n) is 3.54. The van der Waals surface area contributed by atoms with Crippen LogP contribution in [0.4, 0.5) is 4.79 Å². The highest BCUT2D eigenvalue weighted by Crippen LogP contribution is 2.22. The number of aliphatic carboxylic acids is 1. The summed E-state index contributed by atoms with van der Waals surface area (Å²) in [7, 11) is 2.00. The molecule has 1 amide bonds. The first-order chi connectivity index (χ1) is 10.1. The fourth-order valence-electron chi connectivity index (χ4n) is 2.24. The molecule has 1 aromatic carbocycles. The van der Waals surface area contributed by atoms with Gasteiger partial charge in [0.25, 0.3) is 0 Å². The maximum absolute atomic E-state index is 12.2. The number of carbonyl (C=O) groups is 2. The average Bonchev–Trinajstić information content (AvgIpc) is 2.47. The number of hydrogen-bond acceptors (Lipinski definition) is 4. The van der Waals surface area contributed by atoms with Gasteiger partial charge in [0.05, 0.1) is 6.42 Å². The van der Waals surface area contributed by atoms with Gasteiger partial charge in [-0.05, 0) is 12.6 Å². The molecule has 1 heterocycles. The van der Waals surface area contributed by atoms with Crippen LogP contribution in [0.25, 0.3) is 0 Å². The van der Waals surface area contributed by atoms with Crippen molar-refractivity contribution in [3.63, 3.8) is 0 Å². The maximum atomic E-state index is 12.2. The lowest BCUT2D eigenvalue weighted by atomic mass is 10.1. The number of carboxylic acid groups (broad SMARTS) is 1. The number of piperazine rings is 1. The van der Waals surface area contributed by atoms with E-state index in [4.69, 9.17) is 9.84 Å². The van der Waals surface area contributed by atoms with E-state index in [2.05, 4.69) is 4.90 Å². The Kier molecular flexibility index (Phi) is 5.16. The molecule has 0 saturated carbocycles. The van der Waals surface area contributed by atoms with Crippen molar-refractivity contribution in [2.75, 3.05) is 33.2 Å². The van der Waals surface area contributed by atoms with Crippen LogP contribution in [0.3, 0.4) is 0 Å². The standard InChI is InChI=1S/C15H20N2O4/c1-16-7-9-17(10-8-16)15(20)21-13(11-14(18)19)12-5-3-2-4-6-12/h2-6,13H,7-11H2,1H3,(H,18,19). The summed E-state index contributed by atoms with van der Waals surface area (Å²) in [5.74, 6) is -0.991. The summed E-state index contributed by atoms with van der Waals surface area (Å²) in [6, 6.07) is 8.97. The summed E-state index contributed by atoms with van der Waals surface area (Å²) in [5, 5.41) is 8.99. The topological polar surface area (TPSA) is 70.1 Å². The summed E-state index contributed by atoms with van der Waals surface area (Å²) in [4.78, 5) is 26.9. The molecule has 1 saturated heterocycles. The van der Waals surface area contributed by atoms with Gasteiger partial charge in [-0.1, -0.05) is 30.3 Å². The first-order valence-electron chi connectivity index (χ1n) is 6.97. The lowest BCUT2D eigenvalue weighted by molar-refractivity contribution is -0.139. The van der Waals surface area contributed by atoms with Crippen LogP contribution in [0, 0.1) is 0 Å². The SMILES string of the molecule is CN1CCN(C(=O)OC(CC(=O)O)c2ccccc2)CC1. The zero-order valence-electron chi connectivity index (χ0n) is 12.1. The zero-order valence-corrected chi connectivity index (χ0v) is 12.1. The Bertz CT molecular complexity index is 484. The van der Waals surface area contributed by atoms with E-state index in [1.807, 2.05) is 13.1 Å². The smallest absolute Gasteiger partial charge is 0.410 e. The van der Waals surface area contributed by atoms with Gasteiger partial charge in [0.2, 0.25) is 0 Å².